The van der Waals surface area contributed by atoms with Gasteiger partial charge in [0.05, 0.1) is 18.7 Å². The Balaban J connectivity index is 1.90. The number of aromatic nitrogens is 1. The average molecular weight is 332 g/mol. The van der Waals surface area contributed by atoms with Crippen molar-refractivity contribution in [2.75, 3.05) is 7.11 Å². The van der Waals surface area contributed by atoms with Gasteiger partial charge in [-0.05, 0) is 42.3 Å². The number of nitrogens with zero attached hydrogens (tertiary/aromatic N) is 1. The van der Waals surface area contributed by atoms with Gasteiger partial charge in [0.2, 0.25) is 0 Å². The Bertz CT molecular complexity index is 828. The van der Waals surface area contributed by atoms with Crippen LogP contribution in [0.25, 0.3) is 0 Å². The van der Waals surface area contributed by atoms with Crippen LogP contribution in [-0.2, 0) is 0 Å². The summed E-state index contributed by atoms with van der Waals surface area (Å²) in [6.07, 6.45) is 1.60. The molecule has 126 valence electrons. The van der Waals surface area contributed by atoms with E-state index in [1.807, 2.05) is 67.6 Å². The average Bonchev–Trinajstić information content (AvgIpc) is 2.67. The van der Waals surface area contributed by atoms with Crippen LogP contribution >= 0.6 is 0 Å². The van der Waals surface area contributed by atoms with E-state index in [2.05, 4.69) is 10.3 Å². The minimum atomic E-state index is -0.249. The Morgan fingerprint density at radius 2 is 1.64 bits per heavy atom. The number of rotatable bonds is 5. The van der Waals surface area contributed by atoms with Gasteiger partial charge < -0.3 is 10.1 Å². The number of hydrogen-bond donors (Lipinski definition) is 1. The van der Waals surface area contributed by atoms with Crippen molar-refractivity contribution in [1.82, 2.24) is 10.3 Å². The van der Waals surface area contributed by atoms with Crippen LogP contribution in [0.5, 0.6) is 5.75 Å². The van der Waals surface area contributed by atoms with Crippen LogP contribution in [0, 0.1) is 6.92 Å². The molecule has 1 atom stereocenters. The Hall–Kier alpha value is -3.14. The number of methoxy groups -OCH3 is 1. The lowest BCUT2D eigenvalue weighted by Crippen LogP contribution is -2.29. The van der Waals surface area contributed by atoms with E-state index >= 15 is 0 Å². The second-order valence-electron chi connectivity index (χ2n) is 5.78. The summed E-state index contributed by atoms with van der Waals surface area (Å²) in [6.45, 7) is 1.89. The molecule has 3 rings (SSSR count). The maximum absolute atomic E-state index is 12.7. The molecule has 1 heterocycles. The van der Waals surface area contributed by atoms with Crippen molar-refractivity contribution >= 4 is 5.91 Å². The predicted octanol–water partition coefficient (Wildman–Crippen LogP) is 3.92. The quantitative estimate of drug-likeness (QED) is 0.770. The molecule has 1 N–H and O–H groups in total. The molecule has 4 nitrogen and oxygen atoms in total. The van der Waals surface area contributed by atoms with Crippen molar-refractivity contribution < 1.29 is 9.53 Å². The highest BCUT2D eigenvalue weighted by atomic mass is 16.5. The van der Waals surface area contributed by atoms with E-state index in [9.17, 15) is 4.79 Å². The molecule has 1 amide bonds. The van der Waals surface area contributed by atoms with Crippen molar-refractivity contribution in [3.8, 4) is 5.75 Å². The molecule has 4 heteroatoms. The van der Waals surface area contributed by atoms with E-state index in [1.54, 1.807) is 19.4 Å². The fraction of sp³-hybridized carbons (Fsp3) is 0.143. The molecular formula is C21H20N2O2. The molecule has 0 fully saturated rings. The zero-order valence-electron chi connectivity index (χ0n) is 14.3. The summed E-state index contributed by atoms with van der Waals surface area (Å²) in [4.78, 5) is 16.9. The van der Waals surface area contributed by atoms with E-state index in [0.29, 0.717) is 5.56 Å². The summed E-state index contributed by atoms with van der Waals surface area (Å²) in [6, 6.07) is 21.0. The van der Waals surface area contributed by atoms with Crippen molar-refractivity contribution in [3.63, 3.8) is 0 Å². The van der Waals surface area contributed by atoms with Gasteiger partial charge in [0, 0.05) is 11.9 Å². The summed E-state index contributed by atoms with van der Waals surface area (Å²) >= 11 is 0. The first kappa shape index (κ1) is 16.7. The fourth-order valence-electron chi connectivity index (χ4n) is 2.62. The molecule has 0 bridgehead atoms. The monoisotopic (exact) mass is 332 g/mol. The maximum atomic E-state index is 12.7. The van der Waals surface area contributed by atoms with Crippen molar-refractivity contribution in [3.05, 3.63) is 95.3 Å². The van der Waals surface area contributed by atoms with Gasteiger partial charge >= 0.3 is 0 Å². The van der Waals surface area contributed by atoms with Gasteiger partial charge in [0.25, 0.3) is 5.91 Å². The minimum absolute atomic E-state index is 0.155. The highest BCUT2D eigenvalue weighted by Gasteiger charge is 2.18. The highest BCUT2D eigenvalue weighted by molar-refractivity contribution is 5.94. The van der Waals surface area contributed by atoms with Crippen molar-refractivity contribution in [1.29, 1.82) is 0 Å². The Labute approximate surface area is 147 Å². The molecular weight excluding hydrogens is 312 g/mol. The Kier molecular flexibility index (Phi) is 5.09. The van der Waals surface area contributed by atoms with Crippen molar-refractivity contribution in [2.45, 2.75) is 13.0 Å². The first-order valence-electron chi connectivity index (χ1n) is 8.10. The number of hydrogen-bond acceptors (Lipinski definition) is 3. The van der Waals surface area contributed by atoms with Crippen LogP contribution in [0.1, 0.15) is 33.2 Å². The Morgan fingerprint density at radius 1 is 0.960 bits per heavy atom. The highest BCUT2D eigenvalue weighted by Crippen LogP contribution is 2.24. The number of benzene rings is 2. The summed E-state index contributed by atoms with van der Waals surface area (Å²) in [7, 11) is 1.63. The molecule has 25 heavy (non-hydrogen) atoms. The topological polar surface area (TPSA) is 51.2 Å². The number of carbonyl (C=O) groups excluding carboxylic acids is 1. The molecule has 0 saturated carbocycles. The van der Waals surface area contributed by atoms with Crippen LogP contribution in [0.15, 0.2) is 72.9 Å². The zero-order chi connectivity index (χ0) is 17.6. The van der Waals surface area contributed by atoms with Gasteiger partial charge in [-0.25, -0.2) is 0 Å². The van der Waals surface area contributed by atoms with Gasteiger partial charge in [-0.3, -0.25) is 9.78 Å². The minimum Gasteiger partial charge on any atom is -0.497 e. The molecule has 3 aromatic rings. The van der Waals surface area contributed by atoms with E-state index in [1.165, 1.54) is 0 Å². The fourth-order valence-corrected chi connectivity index (χ4v) is 2.62. The lowest BCUT2D eigenvalue weighted by molar-refractivity contribution is 0.0942. The van der Waals surface area contributed by atoms with Crippen LogP contribution in [-0.4, -0.2) is 18.0 Å². The van der Waals surface area contributed by atoms with Gasteiger partial charge in [-0.15, -0.1) is 0 Å². The summed E-state index contributed by atoms with van der Waals surface area (Å²) in [5.74, 6) is 0.627. The third-order valence-corrected chi connectivity index (χ3v) is 4.03. The smallest absolute Gasteiger partial charge is 0.253 e. The molecule has 1 aromatic heterocycles. The molecule has 1 unspecified atom stereocenters. The summed E-state index contributed by atoms with van der Waals surface area (Å²) < 4.78 is 5.22. The van der Waals surface area contributed by atoms with Crippen LogP contribution in [0.2, 0.25) is 0 Å². The SMILES string of the molecule is COc1ccc(C(NC(=O)c2ccc(C)nc2)c2ccccc2)cc1. The largest absolute Gasteiger partial charge is 0.497 e. The van der Waals surface area contributed by atoms with Gasteiger partial charge in [0.1, 0.15) is 5.75 Å². The van der Waals surface area contributed by atoms with Crippen LogP contribution < -0.4 is 10.1 Å². The van der Waals surface area contributed by atoms with E-state index in [4.69, 9.17) is 4.74 Å². The second-order valence-corrected chi connectivity index (χ2v) is 5.78. The van der Waals surface area contributed by atoms with E-state index < -0.39 is 0 Å². The number of carbonyl (C=O) groups is 1. The van der Waals surface area contributed by atoms with E-state index in [0.717, 1.165) is 22.6 Å². The molecule has 0 saturated heterocycles. The van der Waals surface area contributed by atoms with Gasteiger partial charge in [-0.2, -0.15) is 0 Å². The van der Waals surface area contributed by atoms with Crippen LogP contribution in [0.4, 0.5) is 0 Å². The Morgan fingerprint density at radius 3 is 2.24 bits per heavy atom. The number of nitrogens with one attached hydrogen (secondary N) is 1. The number of pyridine rings is 1. The zero-order valence-corrected chi connectivity index (χ0v) is 14.3. The van der Waals surface area contributed by atoms with Gasteiger partial charge in [-0.1, -0.05) is 42.5 Å². The van der Waals surface area contributed by atoms with Crippen molar-refractivity contribution in [2.24, 2.45) is 0 Å². The summed E-state index contributed by atoms with van der Waals surface area (Å²) in [5.41, 5.74) is 3.42. The third-order valence-electron chi connectivity index (χ3n) is 4.03. The third kappa shape index (κ3) is 4.04. The molecule has 0 radical (unpaired) electrons. The predicted molar refractivity (Wildman–Crippen MR) is 97.7 cm³/mol. The first-order chi connectivity index (χ1) is 12.2. The molecule has 0 aliphatic rings. The number of amides is 1. The second kappa shape index (κ2) is 7.62. The lowest BCUT2D eigenvalue weighted by Gasteiger charge is -2.20. The van der Waals surface area contributed by atoms with Crippen LogP contribution in [0.3, 0.4) is 0 Å². The summed E-state index contributed by atoms with van der Waals surface area (Å²) in [5, 5.41) is 3.10. The molecule has 0 spiro atoms. The molecule has 0 aliphatic heterocycles. The standard InChI is InChI=1S/C21H20N2O2/c1-15-8-9-18(14-22-15)21(24)23-20(16-6-4-3-5-7-16)17-10-12-19(25-2)13-11-17/h3-14,20H,1-2H3,(H,23,24). The van der Waals surface area contributed by atoms with E-state index in [-0.39, 0.29) is 11.9 Å². The van der Waals surface area contributed by atoms with Gasteiger partial charge in [0.15, 0.2) is 0 Å². The number of aryl methyl sites for hydroxylation is 1. The maximum Gasteiger partial charge on any atom is 0.253 e. The molecule has 0 aliphatic carbocycles. The molecule has 2 aromatic carbocycles. The normalized spacial score (nSPS) is 11.6. The number of ether oxygens (including phenoxy) is 1. The first-order valence-corrected chi connectivity index (χ1v) is 8.10. The lowest BCUT2D eigenvalue weighted by atomic mass is 9.98.